The Hall–Kier alpha value is -2.19. The molecule has 0 radical (unpaired) electrons. The number of amides is 2. The number of halogens is 2. The van der Waals surface area contributed by atoms with E-state index in [1.807, 2.05) is 19.0 Å². The zero-order valence-electron chi connectivity index (χ0n) is 20.2. The molecule has 2 amide bonds. The smallest absolute Gasteiger partial charge is 0.352 e. The van der Waals surface area contributed by atoms with Crippen molar-refractivity contribution in [2.75, 3.05) is 37.9 Å². The molecule has 2 aromatic rings. The van der Waals surface area contributed by atoms with Crippen LogP contribution in [-0.4, -0.2) is 112 Å². The van der Waals surface area contributed by atoms with E-state index < -0.39 is 23.3 Å². The van der Waals surface area contributed by atoms with Gasteiger partial charge in [-0.15, -0.1) is 53.0 Å². The number of fused-ring (bicyclic) bond motifs is 1. The minimum Gasteiger partial charge on any atom is -0.477 e. The van der Waals surface area contributed by atoms with Crippen molar-refractivity contribution in [1.82, 2.24) is 40.3 Å². The summed E-state index contributed by atoms with van der Waals surface area (Å²) < 4.78 is 1.67. The van der Waals surface area contributed by atoms with Gasteiger partial charge in [0.1, 0.15) is 17.1 Å². The molecule has 0 bridgehead atoms. The zero-order chi connectivity index (χ0) is 24.4. The third-order valence-corrected chi connectivity index (χ3v) is 8.22. The molecule has 2 aromatic heterocycles. The van der Waals surface area contributed by atoms with Gasteiger partial charge in [0.05, 0.1) is 18.7 Å². The summed E-state index contributed by atoms with van der Waals surface area (Å²) in [7, 11) is 3.90. The fourth-order valence-electron chi connectivity index (χ4n) is 3.47. The molecule has 4 heterocycles. The van der Waals surface area contributed by atoms with Gasteiger partial charge in [-0.2, -0.15) is 0 Å². The number of β-lactam (4-membered cyclic amide) rings is 1. The van der Waals surface area contributed by atoms with E-state index in [1.54, 1.807) is 10.1 Å². The quantitative estimate of drug-likeness (QED) is 0.201. The molecule has 20 heteroatoms. The van der Waals surface area contributed by atoms with Gasteiger partial charge in [0, 0.05) is 23.4 Å². The number of thiazole rings is 1. The number of carboxylic acids is 1. The predicted molar refractivity (Wildman–Crippen MR) is 149 cm³/mol. The number of aromatic nitrogens is 5. The van der Waals surface area contributed by atoms with Crippen LogP contribution in [-0.2, 0) is 27.3 Å². The lowest BCUT2D eigenvalue weighted by atomic mass is 10.0. The van der Waals surface area contributed by atoms with Gasteiger partial charge >= 0.3 is 5.97 Å². The maximum atomic E-state index is 12.8. The summed E-state index contributed by atoms with van der Waals surface area (Å²) in [5, 5.41) is 26.4. The van der Waals surface area contributed by atoms with E-state index in [0.717, 1.165) is 6.54 Å². The molecule has 214 valence electrons. The highest BCUT2D eigenvalue weighted by Crippen LogP contribution is 2.41. The number of tetrazole rings is 1. The number of nitrogens with zero attached hydrogens (tertiary/aromatic N) is 7. The Morgan fingerprint density at radius 3 is 2.63 bits per heavy atom. The van der Waals surface area contributed by atoms with Gasteiger partial charge < -0.3 is 32.0 Å². The molecule has 8 N–H and O–H groups in total. The largest absolute Gasteiger partial charge is 0.477 e. The molecule has 2 aliphatic heterocycles. The summed E-state index contributed by atoms with van der Waals surface area (Å²) in [4.78, 5) is 44.5. The molecular weight excluding hydrogens is 605 g/mol. The topological polar surface area (TPSA) is 235 Å². The summed E-state index contributed by atoms with van der Waals surface area (Å²) in [6, 6.07) is -0.782. The summed E-state index contributed by atoms with van der Waals surface area (Å²) in [5.74, 6) is -1.24. The van der Waals surface area contributed by atoms with Gasteiger partial charge in [0.2, 0.25) is 11.1 Å². The van der Waals surface area contributed by atoms with Crippen LogP contribution in [0.15, 0.2) is 21.8 Å². The Bertz CT molecular complexity index is 1150. The van der Waals surface area contributed by atoms with E-state index in [1.165, 1.54) is 39.8 Å². The maximum absolute atomic E-state index is 12.8. The number of hydrogen-bond acceptors (Lipinski definition) is 12. The molecule has 38 heavy (non-hydrogen) atoms. The second kappa shape index (κ2) is 15.4. The summed E-state index contributed by atoms with van der Waals surface area (Å²) in [6.45, 7) is 1.36. The molecular formula is C18H29Cl2N9O6S3. The standard InChI is InChI=1S/C18H23N9O4S3.2ClH.2H2O/c1-25(2)3-4-26-18(22-23-24-26)34-7-9-6-32-15-12(14(29)27(15)13(9)16(30)31)21-11(28)5-10-8-33-17(19)20-10;;;;/h8,12,15H,3-7H2,1-2H3,(H2,19,20)(H,21,28)(H,30,31);2*1H;2*1H2/t12-,15-;;;;/m1..../s1. The van der Waals surface area contributed by atoms with Crippen LogP contribution in [0.5, 0.6) is 0 Å². The maximum Gasteiger partial charge on any atom is 0.352 e. The fraction of sp³-hybridized carbons (Fsp3) is 0.500. The number of thioether (sulfide) groups is 2. The van der Waals surface area contributed by atoms with Crippen molar-refractivity contribution in [3.8, 4) is 0 Å². The predicted octanol–water partition coefficient (Wildman–Crippen LogP) is -1.46. The Balaban J connectivity index is 0.00000342. The van der Waals surface area contributed by atoms with Crippen LogP contribution in [0.2, 0.25) is 0 Å². The second-order valence-corrected chi connectivity index (χ2v) is 10.8. The number of carbonyl (C=O) groups excluding carboxylic acids is 2. The first-order valence-electron chi connectivity index (χ1n) is 10.2. The first-order chi connectivity index (χ1) is 16.2. The number of likely N-dealkylation sites (N-methyl/N-ethyl adjacent to an activating group) is 1. The lowest BCUT2D eigenvalue weighted by Crippen LogP contribution is -2.70. The van der Waals surface area contributed by atoms with Crippen LogP contribution < -0.4 is 11.1 Å². The Labute approximate surface area is 242 Å². The number of hydrogen-bond donors (Lipinski definition) is 3. The van der Waals surface area contributed by atoms with Crippen LogP contribution in [0.4, 0.5) is 5.13 Å². The SMILES string of the molecule is CN(C)CCn1nnnc1SCC1=C(C(=O)O)N2C(=O)[C@@H](NC(=O)Cc3csc(N)n3)[C@H]2SC1.Cl.Cl.O.O. The van der Waals surface area contributed by atoms with Gasteiger partial charge in [0.15, 0.2) is 5.13 Å². The second-order valence-electron chi connectivity index (χ2n) is 7.84. The number of anilines is 1. The number of carboxylic acid groups (broad SMARTS) is 1. The van der Waals surface area contributed by atoms with Crippen molar-refractivity contribution >= 4 is 82.6 Å². The minimum atomic E-state index is -1.18. The molecule has 1 fully saturated rings. The average Bonchev–Trinajstić information content (AvgIpc) is 3.41. The lowest BCUT2D eigenvalue weighted by molar-refractivity contribution is -0.150. The number of nitrogen functional groups attached to an aromatic ring is 1. The minimum absolute atomic E-state index is 0. The van der Waals surface area contributed by atoms with Crippen LogP contribution in [0.1, 0.15) is 5.69 Å². The number of nitrogens with two attached hydrogens (primary N) is 1. The molecule has 0 spiro atoms. The van der Waals surface area contributed by atoms with E-state index in [2.05, 4.69) is 25.8 Å². The average molecular weight is 635 g/mol. The van der Waals surface area contributed by atoms with Crippen molar-refractivity contribution < 1.29 is 30.4 Å². The van der Waals surface area contributed by atoms with Crippen molar-refractivity contribution in [3.63, 3.8) is 0 Å². The number of nitrogens with one attached hydrogen (secondary N) is 1. The van der Waals surface area contributed by atoms with Gasteiger partial charge in [-0.3, -0.25) is 14.5 Å². The zero-order valence-corrected chi connectivity index (χ0v) is 24.3. The van der Waals surface area contributed by atoms with E-state index in [-0.39, 0.29) is 53.8 Å². The molecule has 0 aromatic carbocycles. The summed E-state index contributed by atoms with van der Waals surface area (Å²) in [6.07, 6.45) is 0.000917. The van der Waals surface area contributed by atoms with Gasteiger partial charge in [0.25, 0.3) is 5.91 Å². The molecule has 2 atom stereocenters. The molecule has 4 rings (SSSR count). The van der Waals surface area contributed by atoms with E-state index in [4.69, 9.17) is 5.73 Å². The van der Waals surface area contributed by atoms with Crippen molar-refractivity contribution in [2.24, 2.45) is 0 Å². The summed E-state index contributed by atoms with van der Waals surface area (Å²) >= 11 is 3.98. The van der Waals surface area contributed by atoms with Gasteiger partial charge in [-0.05, 0) is 30.1 Å². The molecule has 0 unspecified atom stereocenters. The highest BCUT2D eigenvalue weighted by atomic mass is 35.5. The van der Waals surface area contributed by atoms with E-state index in [9.17, 15) is 19.5 Å². The van der Waals surface area contributed by atoms with Crippen LogP contribution in [0.25, 0.3) is 0 Å². The third-order valence-electron chi connectivity index (χ3n) is 5.11. The van der Waals surface area contributed by atoms with Crippen LogP contribution >= 0.6 is 59.7 Å². The number of aliphatic carboxylic acids is 1. The van der Waals surface area contributed by atoms with Crippen molar-refractivity contribution in [2.45, 2.75) is 29.5 Å². The molecule has 0 saturated carbocycles. The van der Waals surface area contributed by atoms with E-state index in [0.29, 0.717) is 39.6 Å². The third kappa shape index (κ3) is 7.92. The van der Waals surface area contributed by atoms with Gasteiger partial charge in [-0.1, -0.05) is 11.8 Å². The van der Waals surface area contributed by atoms with Crippen molar-refractivity contribution in [3.05, 3.63) is 22.3 Å². The van der Waals surface area contributed by atoms with E-state index >= 15 is 0 Å². The molecule has 2 aliphatic rings. The van der Waals surface area contributed by atoms with Gasteiger partial charge in [-0.25, -0.2) is 14.5 Å². The monoisotopic (exact) mass is 633 g/mol. The number of rotatable bonds is 10. The molecule has 15 nitrogen and oxygen atoms in total. The normalized spacial score (nSPS) is 17.8. The Morgan fingerprint density at radius 2 is 2.03 bits per heavy atom. The molecule has 0 aliphatic carbocycles. The summed E-state index contributed by atoms with van der Waals surface area (Å²) in [5.41, 5.74) is 6.68. The van der Waals surface area contributed by atoms with Crippen molar-refractivity contribution in [1.29, 1.82) is 0 Å². The highest BCUT2D eigenvalue weighted by Gasteiger charge is 2.54. The first-order valence-corrected chi connectivity index (χ1v) is 13.1. The van der Waals surface area contributed by atoms with Crippen LogP contribution in [0, 0.1) is 0 Å². The molecule has 1 saturated heterocycles. The van der Waals surface area contributed by atoms with Crippen LogP contribution in [0.3, 0.4) is 0 Å². The Morgan fingerprint density at radius 1 is 1.32 bits per heavy atom. The highest BCUT2D eigenvalue weighted by molar-refractivity contribution is 8.01. The fourth-order valence-corrected chi connectivity index (χ4v) is 6.42. The lowest BCUT2D eigenvalue weighted by Gasteiger charge is -2.49. The first kappa shape index (κ1) is 35.8. The Kier molecular flexibility index (Phi) is 14.5. The number of carbonyl (C=O) groups is 3.